The van der Waals surface area contributed by atoms with E-state index in [1.807, 2.05) is 37.3 Å². The van der Waals surface area contributed by atoms with E-state index in [2.05, 4.69) is 5.32 Å². The van der Waals surface area contributed by atoms with Crippen LogP contribution >= 0.6 is 11.6 Å². The van der Waals surface area contributed by atoms with Crippen LogP contribution in [0.25, 0.3) is 0 Å². The monoisotopic (exact) mass is 631 g/mol. The van der Waals surface area contributed by atoms with Crippen molar-refractivity contribution in [2.45, 2.75) is 51.6 Å². The number of benzene rings is 3. The molecule has 43 heavy (non-hydrogen) atoms. The number of carbonyl (C=O) groups excluding carboxylic acids is 2. The third-order valence-corrected chi connectivity index (χ3v) is 8.43. The maximum atomic E-state index is 13.9. The molecule has 8 nitrogen and oxygen atoms in total. The number of rotatable bonds is 16. The zero-order valence-electron chi connectivity index (χ0n) is 24.8. The summed E-state index contributed by atoms with van der Waals surface area (Å²) in [5, 5.41) is 3.22. The summed E-state index contributed by atoms with van der Waals surface area (Å²) >= 11 is 6.24. The highest BCUT2D eigenvalue weighted by Crippen LogP contribution is 2.30. The highest BCUT2D eigenvalue weighted by molar-refractivity contribution is 7.92. The van der Waals surface area contributed by atoms with E-state index in [0.717, 1.165) is 24.7 Å². The van der Waals surface area contributed by atoms with Gasteiger partial charge in [0.1, 0.15) is 17.6 Å². The number of carbonyl (C=O) groups is 2. The van der Waals surface area contributed by atoms with Crippen molar-refractivity contribution in [1.82, 2.24) is 10.2 Å². The Morgan fingerprint density at radius 3 is 2.30 bits per heavy atom. The molecule has 0 aromatic heterocycles. The van der Waals surface area contributed by atoms with Crippen LogP contribution in [0.4, 0.5) is 10.1 Å². The first-order valence-corrected chi connectivity index (χ1v) is 16.4. The number of unbranched alkanes of at least 4 members (excludes halogenated alkanes) is 1. The first-order chi connectivity index (χ1) is 20.5. The predicted molar refractivity (Wildman–Crippen MR) is 168 cm³/mol. The van der Waals surface area contributed by atoms with Crippen molar-refractivity contribution in [3.05, 3.63) is 94.8 Å². The minimum atomic E-state index is -3.70. The Balaban J connectivity index is 1.87. The number of ether oxygens (including phenoxy) is 1. The molecule has 3 aromatic rings. The van der Waals surface area contributed by atoms with E-state index in [1.165, 1.54) is 34.5 Å². The van der Waals surface area contributed by atoms with Gasteiger partial charge in [0.15, 0.2) is 0 Å². The van der Waals surface area contributed by atoms with Crippen molar-refractivity contribution in [3.63, 3.8) is 0 Å². The molecular weight excluding hydrogens is 593 g/mol. The molecule has 0 aliphatic heterocycles. The van der Waals surface area contributed by atoms with E-state index >= 15 is 0 Å². The molecule has 0 spiro atoms. The van der Waals surface area contributed by atoms with Crippen LogP contribution in [0.2, 0.25) is 5.02 Å². The van der Waals surface area contributed by atoms with Gasteiger partial charge in [0.2, 0.25) is 21.8 Å². The summed E-state index contributed by atoms with van der Waals surface area (Å²) in [6.45, 7) is 2.61. The Hall–Kier alpha value is -3.63. The smallest absolute Gasteiger partial charge is 0.243 e. The lowest BCUT2D eigenvalue weighted by molar-refractivity contribution is -0.141. The predicted octanol–water partition coefficient (Wildman–Crippen LogP) is 5.59. The van der Waals surface area contributed by atoms with E-state index < -0.39 is 21.9 Å². The SMILES string of the molecule is CCCCNC(=O)C(Cc1ccccc1)N(Cc1ccc(F)cc1)C(=O)CCCN(c1ccc(OC)c(Cl)c1)S(C)(=O)=O. The van der Waals surface area contributed by atoms with Gasteiger partial charge >= 0.3 is 0 Å². The molecule has 1 N–H and O–H groups in total. The maximum absolute atomic E-state index is 13.9. The van der Waals surface area contributed by atoms with E-state index in [-0.39, 0.29) is 49.2 Å². The van der Waals surface area contributed by atoms with Gasteiger partial charge < -0.3 is 15.0 Å². The first kappa shape index (κ1) is 33.9. The number of anilines is 1. The summed E-state index contributed by atoms with van der Waals surface area (Å²) in [6.07, 6.45) is 3.23. The Morgan fingerprint density at radius 2 is 1.70 bits per heavy atom. The van der Waals surface area contributed by atoms with Crippen LogP contribution in [0.5, 0.6) is 5.75 Å². The normalized spacial score (nSPS) is 11.9. The molecule has 3 aromatic carbocycles. The van der Waals surface area contributed by atoms with Gasteiger partial charge in [0.05, 0.1) is 24.1 Å². The van der Waals surface area contributed by atoms with Gasteiger partial charge in [-0.05, 0) is 54.3 Å². The minimum Gasteiger partial charge on any atom is -0.495 e. The largest absolute Gasteiger partial charge is 0.495 e. The van der Waals surface area contributed by atoms with Crippen molar-refractivity contribution in [2.75, 3.05) is 30.8 Å². The Morgan fingerprint density at radius 1 is 1.00 bits per heavy atom. The Labute approximate surface area is 258 Å². The van der Waals surface area contributed by atoms with Gasteiger partial charge in [-0.3, -0.25) is 13.9 Å². The van der Waals surface area contributed by atoms with Crippen molar-refractivity contribution in [2.24, 2.45) is 0 Å². The minimum absolute atomic E-state index is 0.0175. The van der Waals surface area contributed by atoms with Crippen molar-refractivity contribution < 1.29 is 27.1 Å². The third-order valence-electron chi connectivity index (χ3n) is 6.94. The average molecular weight is 632 g/mol. The second kappa shape index (κ2) is 16.3. The fraction of sp³-hybridized carbons (Fsp3) is 0.375. The fourth-order valence-corrected chi connectivity index (χ4v) is 5.87. The summed E-state index contributed by atoms with van der Waals surface area (Å²) in [5.41, 5.74) is 1.90. The molecule has 0 aliphatic rings. The number of sulfonamides is 1. The van der Waals surface area contributed by atoms with E-state index in [1.54, 1.807) is 24.3 Å². The molecule has 0 saturated carbocycles. The van der Waals surface area contributed by atoms with Crippen molar-refractivity contribution >= 4 is 39.1 Å². The lowest BCUT2D eigenvalue weighted by Crippen LogP contribution is -2.50. The molecule has 0 bridgehead atoms. The topological polar surface area (TPSA) is 96.0 Å². The van der Waals surface area contributed by atoms with Gasteiger partial charge in [-0.25, -0.2) is 12.8 Å². The molecule has 3 rings (SSSR count). The van der Waals surface area contributed by atoms with Crippen LogP contribution in [0.1, 0.15) is 43.7 Å². The van der Waals surface area contributed by atoms with Gasteiger partial charge in [0.25, 0.3) is 0 Å². The lowest BCUT2D eigenvalue weighted by Gasteiger charge is -2.32. The van der Waals surface area contributed by atoms with Crippen LogP contribution in [0.3, 0.4) is 0 Å². The summed E-state index contributed by atoms with van der Waals surface area (Å²) in [7, 11) is -2.23. The average Bonchev–Trinajstić information content (AvgIpc) is 2.98. The Bertz CT molecular complexity index is 1460. The van der Waals surface area contributed by atoms with Crippen LogP contribution in [-0.2, 0) is 32.6 Å². The number of halogens is 2. The van der Waals surface area contributed by atoms with Crippen LogP contribution in [-0.4, -0.2) is 57.6 Å². The van der Waals surface area contributed by atoms with Crippen LogP contribution in [0.15, 0.2) is 72.8 Å². The number of nitrogens with zero attached hydrogens (tertiary/aromatic N) is 2. The number of amides is 2. The third kappa shape index (κ3) is 10.2. The van der Waals surface area contributed by atoms with Gasteiger partial charge in [-0.1, -0.05) is 67.4 Å². The number of nitrogens with one attached hydrogen (secondary N) is 1. The van der Waals surface area contributed by atoms with Gasteiger partial charge in [0, 0.05) is 32.5 Å². The zero-order valence-corrected chi connectivity index (χ0v) is 26.3. The van der Waals surface area contributed by atoms with Crippen molar-refractivity contribution in [1.29, 1.82) is 0 Å². The molecule has 232 valence electrons. The molecule has 1 atom stereocenters. The van der Waals surface area contributed by atoms with E-state index in [4.69, 9.17) is 16.3 Å². The molecule has 0 aliphatic carbocycles. The second-order valence-electron chi connectivity index (χ2n) is 10.3. The standard InChI is InChI=1S/C32H39ClFN3O5S/c1-4-5-19-35-32(39)29(21-24-10-7-6-8-11-24)36(23-25-13-15-26(34)16-14-25)31(38)12-9-20-37(43(3,40)41)27-17-18-30(42-2)28(33)22-27/h6-8,10-11,13-18,22,29H,4-5,9,12,19-21,23H2,1-3H3,(H,35,39). The van der Waals surface area contributed by atoms with Crippen LogP contribution in [0, 0.1) is 5.82 Å². The van der Waals surface area contributed by atoms with Gasteiger partial charge in [-0.2, -0.15) is 0 Å². The maximum Gasteiger partial charge on any atom is 0.243 e. The quantitative estimate of drug-likeness (QED) is 0.208. The number of methoxy groups -OCH3 is 1. The molecule has 0 radical (unpaired) electrons. The fourth-order valence-electron chi connectivity index (χ4n) is 4.66. The number of hydrogen-bond acceptors (Lipinski definition) is 5. The highest BCUT2D eigenvalue weighted by atomic mass is 35.5. The summed E-state index contributed by atoms with van der Waals surface area (Å²) in [6, 6.07) is 19.1. The molecule has 2 amide bonds. The molecule has 0 saturated heterocycles. The Kier molecular flexibility index (Phi) is 12.8. The second-order valence-corrected chi connectivity index (χ2v) is 12.6. The summed E-state index contributed by atoms with van der Waals surface area (Å²) < 4.78 is 45.4. The molecular formula is C32H39ClFN3O5S. The van der Waals surface area contributed by atoms with Crippen LogP contribution < -0.4 is 14.4 Å². The number of hydrogen-bond donors (Lipinski definition) is 1. The summed E-state index contributed by atoms with van der Waals surface area (Å²) in [4.78, 5) is 28.9. The molecule has 0 fully saturated rings. The zero-order chi connectivity index (χ0) is 31.4. The molecule has 0 heterocycles. The molecule has 1 unspecified atom stereocenters. The highest BCUT2D eigenvalue weighted by Gasteiger charge is 2.30. The van der Waals surface area contributed by atoms with E-state index in [0.29, 0.717) is 23.5 Å². The van der Waals surface area contributed by atoms with Gasteiger partial charge in [-0.15, -0.1) is 0 Å². The molecule has 11 heteroatoms. The van der Waals surface area contributed by atoms with E-state index in [9.17, 15) is 22.4 Å². The summed E-state index contributed by atoms with van der Waals surface area (Å²) in [5.74, 6) is -0.595. The van der Waals surface area contributed by atoms with Crippen molar-refractivity contribution in [3.8, 4) is 5.75 Å². The first-order valence-electron chi connectivity index (χ1n) is 14.2. The lowest BCUT2D eigenvalue weighted by atomic mass is 10.0.